The highest BCUT2D eigenvalue weighted by atomic mass is 16.5. The van der Waals surface area contributed by atoms with Gasteiger partial charge in [0.25, 0.3) is 0 Å². The highest BCUT2D eigenvalue weighted by molar-refractivity contribution is 5.28. The Morgan fingerprint density at radius 1 is 1.33 bits per heavy atom. The van der Waals surface area contributed by atoms with Crippen LogP contribution in [0, 0.1) is 0 Å². The van der Waals surface area contributed by atoms with Crippen molar-refractivity contribution in [2.75, 3.05) is 44.3 Å². The Balaban J connectivity index is 1.81. The smallest absolute Gasteiger partial charge is 0.244 e. The number of hydrogen-bond acceptors (Lipinski definition) is 5. The summed E-state index contributed by atoms with van der Waals surface area (Å²) in [5.74, 6) is 1.80. The molecule has 1 saturated heterocycles. The first-order chi connectivity index (χ1) is 8.90. The zero-order valence-corrected chi connectivity index (χ0v) is 11.1. The van der Waals surface area contributed by atoms with Gasteiger partial charge in [-0.25, -0.2) is 0 Å². The van der Waals surface area contributed by atoms with E-state index >= 15 is 0 Å². The van der Waals surface area contributed by atoms with E-state index in [1.54, 1.807) is 0 Å². The summed E-state index contributed by atoms with van der Waals surface area (Å²) >= 11 is 0. The maximum atomic E-state index is 5.31. The molecule has 0 spiro atoms. The van der Waals surface area contributed by atoms with Crippen LogP contribution in [0.25, 0.3) is 0 Å². The summed E-state index contributed by atoms with van der Waals surface area (Å²) in [6, 6.07) is 0. The van der Waals surface area contributed by atoms with E-state index in [-0.39, 0.29) is 0 Å². The number of hydrogen-bond donors (Lipinski definition) is 2. The fraction of sp³-hybridized carbons (Fsp3) is 0.833. The predicted octanol–water partition coefficient (Wildman–Crippen LogP) is 0.574. The van der Waals surface area contributed by atoms with Gasteiger partial charge in [-0.1, -0.05) is 0 Å². The molecule has 1 fully saturated rings. The highest BCUT2D eigenvalue weighted by Crippen LogP contribution is 2.09. The molecule has 0 unspecified atom stereocenters. The molecule has 0 radical (unpaired) electrons. The molecule has 1 aromatic heterocycles. The van der Waals surface area contributed by atoms with E-state index in [0.717, 1.165) is 70.4 Å². The lowest BCUT2D eigenvalue weighted by molar-refractivity contribution is 0.145. The second-order valence-electron chi connectivity index (χ2n) is 4.47. The van der Waals surface area contributed by atoms with Gasteiger partial charge in [-0.3, -0.25) is 5.10 Å². The molecule has 6 nitrogen and oxygen atoms in total. The predicted molar refractivity (Wildman–Crippen MR) is 70.9 cm³/mol. The number of rotatable bonds is 6. The van der Waals surface area contributed by atoms with Crippen molar-refractivity contribution < 1.29 is 4.74 Å². The first kappa shape index (κ1) is 13.3. The van der Waals surface area contributed by atoms with Crippen LogP contribution in [0.5, 0.6) is 0 Å². The molecule has 2 N–H and O–H groups in total. The zero-order chi connectivity index (χ0) is 12.6. The first-order valence-corrected chi connectivity index (χ1v) is 6.85. The highest BCUT2D eigenvalue weighted by Gasteiger charge is 2.13. The lowest BCUT2D eigenvalue weighted by Gasteiger charge is -2.16. The third-order valence-corrected chi connectivity index (χ3v) is 3.05. The van der Waals surface area contributed by atoms with Crippen molar-refractivity contribution in [3.63, 3.8) is 0 Å². The fourth-order valence-corrected chi connectivity index (χ4v) is 2.07. The number of nitrogens with zero attached hydrogens (tertiary/aromatic N) is 3. The number of H-pyrrole nitrogens is 1. The standard InChI is InChI=1S/C12H23N5O/c1-2-18-10-3-5-11-14-12(16-15-11)17-8-4-6-13-7-9-17/h13H,2-10H2,1H3,(H,14,15,16). The monoisotopic (exact) mass is 253 g/mol. The first-order valence-electron chi connectivity index (χ1n) is 6.85. The summed E-state index contributed by atoms with van der Waals surface area (Å²) in [6.07, 6.45) is 3.04. The topological polar surface area (TPSA) is 66.1 Å². The normalized spacial score (nSPS) is 16.8. The van der Waals surface area contributed by atoms with Crippen molar-refractivity contribution >= 4 is 5.95 Å². The molecule has 102 valence electrons. The molecule has 0 aromatic carbocycles. The molecule has 0 amide bonds. The number of aromatic nitrogens is 3. The minimum Gasteiger partial charge on any atom is -0.382 e. The van der Waals surface area contributed by atoms with Gasteiger partial charge in [0.05, 0.1) is 0 Å². The van der Waals surface area contributed by atoms with Crippen LogP contribution in [0.15, 0.2) is 0 Å². The molecular weight excluding hydrogens is 230 g/mol. The van der Waals surface area contributed by atoms with Crippen molar-refractivity contribution in [1.29, 1.82) is 0 Å². The van der Waals surface area contributed by atoms with Crippen molar-refractivity contribution in [3.05, 3.63) is 5.82 Å². The van der Waals surface area contributed by atoms with Crippen LogP contribution < -0.4 is 10.2 Å². The van der Waals surface area contributed by atoms with Crippen LogP contribution >= 0.6 is 0 Å². The van der Waals surface area contributed by atoms with Crippen LogP contribution in [0.4, 0.5) is 5.95 Å². The lowest BCUT2D eigenvalue weighted by atomic mass is 10.3. The van der Waals surface area contributed by atoms with E-state index in [1.165, 1.54) is 0 Å². The molecule has 0 bridgehead atoms. The Hall–Kier alpha value is -1.14. The number of ether oxygens (including phenoxy) is 1. The van der Waals surface area contributed by atoms with Crippen molar-refractivity contribution in [2.24, 2.45) is 0 Å². The molecule has 6 heteroatoms. The van der Waals surface area contributed by atoms with E-state index in [1.807, 2.05) is 6.92 Å². The second kappa shape index (κ2) is 7.33. The fourth-order valence-electron chi connectivity index (χ4n) is 2.07. The Bertz CT molecular complexity index is 333. The van der Waals surface area contributed by atoms with Gasteiger partial charge in [0.15, 0.2) is 0 Å². The van der Waals surface area contributed by atoms with Gasteiger partial charge < -0.3 is 15.0 Å². The van der Waals surface area contributed by atoms with Crippen LogP contribution in [0.2, 0.25) is 0 Å². The van der Waals surface area contributed by atoms with E-state index in [9.17, 15) is 0 Å². The Kier molecular flexibility index (Phi) is 5.41. The number of aromatic amines is 1. The van der Waals surface area contributed by atoms with Crippen molar-refractivity contribution in [3.8, 4) is 0 Å². The van der Waals surface area contributed by atoms with Gasteiger partial charge in [0, 0.05) is 39.3 Å². The molecule has 0 saturated carbocycles. The van der Waals surface area contributed by atoms with E-state index in [2.05, 4.69) is 25.4 Å². The SMILES string of the molecule is CCOCCCc1nc(N2CCCNCC2)n[nH]1. The Labute approximate surface area is 108 Å². The van der Waals surface area contributed by atoms with E-state index in [0.29, 0.717) is 0 Å². The number of aryl methyl sites for hydroxylation is 1. The van der Waals surface area contributed by atoms with Crippen molar-refractivity contribution in [2.45, 2.75) is 26.2 Å². The minimum atomic E-state index is 0.780. The Morgan fingerprint density at radius 3 is 3.17 bits per heavy atom. The van der Waals surface area contributed by atoms with E-state index in [4.69, 9.17) is 4.74 Å². The molecule has 2 heterocycles. The molecule has 0 aliphatic carbocycles. The number of anilines is 1. The molecule has 1 aliphatic heterocycles. The molecule has 18 heavy (non-hydrogen) atoms. The third kappa shape index (κ3) is 3.96. The summed E-state index contributed by atoms with van der Waals surface area (Å²) in [5.41, 5.74) is 0. The van der Waals surface area contributed by atoms with Gasteiger partial charge in [0.2, 0.25) is 5.95 Å². The summed E-state index contributed by atoms with van der Waals surface area (Å²) in [5, 5.41) is 10.7. The lowest BCUT2D eigenvalue weighted by Crippen LogP contribution is -2.28. The summed E-state index contributed by atoms with van der Waals surface area (Å²) in [6.45, 7) is 7.69. The van der Waals surface area contributed by atoms with Crippen LogP contribution in [0.1, 0.15) is 25.6 Å². The molecular formula is C12H23N5O. The average Bonchev–Trinajstić information content (AvgIpc) is 2.69. The second-order valence-corrected chi connectivity index (χ2v) is 4.47. The van der Waals surface area contributed by atoms with Gasteiger partial charge in [-0.2, -0.15) is 4.98 Å². The van der Waals surface area contributed by atoms with E-state index < -0.39 is 0 Å². The molecule has 2 rings (SSSR count). The summed E-state index contributed by atoms with van der Waals surface area (Å²) in [4.78, 5) is 6.79. The zero-order valence-electron chi connectivity index (χ0n) is 11.1. The molecule has 1 aliphatic rings. The van der Waals surface area contributed by atoms with Crippen LogP contribution in [-0.4, -0.2) is 54.6 Å². The van der Waals surface area contributed by atoms with Crippen LogP contribution in [-0.2, 0) is 11.2 Å². The van der Waals surface area contributed by atoms with Gasteiger partial charge in [-0.15, -0.1) is 5.10 Å². The maximum absolute atomic E-state index is 5.31. The molecule has 1 aromatic rings. The summed E-state index contributed by atoms with van der Waals surface area (Å²) < 4.78 is 5.31. The van der Waals surface area contributed by atoms with Crippen molar-refractivity contribution in [1.82, 2.24) is 20.5 Å². The number of nitrogens with one attached hydrogen (secondary N) is 2. The average molecular weight is 253 g/mol. The maximum Gasteiger partial charge on any atom is 0.244 e. The minimum absolute atomic E-state index is 0.780. The summed E-state index contributed by atoms with van der Waals surface area (Å²) in [7, 11) is 0. The van der Waals surface area contributed by atoms with Gasteiger partial charge >= 0.3 is 0 Å². The van der Waals surface area contributed by atoms with Crippen LogP contribution in [0.3, 0.4) is 0 Å². The van der Waals surface area contributed by atoms with Gasteiger partial charge in [-0.05, 0) is 26.3 Å². The quantitative estimate of drug-likeness (QED) is 0.726. The largest absolute Gasteiger partial charge is 0.382 e. The van der Waals surface area contributed by atoms with Gasteiger partial charge in [0.1, 0.15) is 5.82 Å². The molecule has 0 atom stereocenters. The third-order valence-electron chi connectivity index (χ3n) is 3.05. The Morgan fingerprint density at radius 2 is 2.28 bits per heavy atom.